The van der Waals surface area contributed by atoms with Gasteiger partial charge in [0.05, 0.1) is 20.3 Å². The van der Waals surface area contributed by atoms with Crippen molar-refractivity contribution in [3.63, 3.8) is 0 Å². The summed E-state index contributed by atoms with van der Waals surface area (Å²) in [5.74, 6) is 0.520. The standard InChI is InChI=1S/C13H17NO3/c1-3-9-6-10(4-5-11(9)16-2)13(12(14)15)7-17-8-13/h4-6H,3,7-8H2,1-2H3,(H2,14,15). The van der Waals surface area contributed by atoms with Crippen LogP contribution in [0.3, 0.4) is 0 Å². The minimum absolute atomic E-state index is 0.323. The van der Waals surface area contributed by atoms with Gasteiger partial charge in [-0.3, -0.25) is 4.79 Å². The third-order valence-corrected chi connectivity index (χ3v) is 3.38. The van der Waals surface area contributed by atoms with Gasteiger partial charge in [0, 0.05) is 0 Å². The van der Waals surface area contributed by atoms with Gasteiger partial charge < -0.3 is 15.2 Å². The number of hydrogen-bond donors (Lipinski definition) is 1. The van der Waals surface area contributed by atoms with Crippen LogP contribution < -0.4 is 10.5 Å². The molecule has 2 N–H and O–H groups in total. The van der Waals surface area contributed by atoms with Gasteiger partial charge in [-0.1, -0.05) is 19.1 Å². The quantitative estimate of drug-likeness (QED) is 0.847. The summed E-state index contributed by atoms with van der Waals surface area (Å²) in [5, 5.41) is 0. The van der Waals surface area contributed by atoms with Crippen LogP contribution in [-0.2, 0) is 21.4 Å². The number of carbonyl (C=O) groups excluding carboxylic acids is 1. The molecule has 0 aliphatic carbocycles. The Labute approximate surface area is 101 Å². The summed E-state index contributed by atoms with van der Waals surface area (Å²) in [5.41, 5.74) is 6.84. The Balaban J connectivity index is 2.42. The van der Waals surface area contributed by atoms with Crippen LogP contribution in [0.2, 0.25) is 0 Å². The zero-order valence-electron chi connectivity index (χ0n) is 10.2. The maximum absolute atomic E-state index is 11.6. The van der Waals surface area contributed by atoms with Crippen LogP contribution in [0.5, 0.6) is 5.75 Å². The predicted molar refractivity (Wildman–Crippen MR) is 64.1 cm³/mol. The SMILES string of the molecule is CCc1cc(C2(C(N)=O)COC2)ccc1OC. The molecule has 0 bridgehead atoms. The van der Waals surface area contributed by atoms with E-state index in [9.17, 15) is 4.79 Å². The van der Waals surface area contributed by atoms with Crippen LogP contribution in [0.4, 0.5) is 0 Å². The van der Waals surface area contributed by atoms with Gasteiger partial charge in [0.2, 0.25) is 5.91 Å². The normalized spacial score (nSPS) is 17.3. The summed E-state index contributed by atoms with van der Waals surface area (Å²) in [6.07, 6.45) is 0.854. The molecule has 1 aliphatic heterocycles. The van der Waals surface area contributed by atoms with Crippen molar-refractivity contribution < 1.29 is 14.3 Å². The van der Waals surface area contributed by atoms with Gasteiger partial charge in [0.25, 0.3) is 0 Å². The third kappa shape index (κ3) is 1.78. The Kier molecular flexibility index (Phi) is 3.07. The topological polar surface area (TPSA) is 61.6 Å². The second-order valence-electron chi connectivity index (χ2n) is 4.32. The molecule has 1 amide bonds. The first-order chi connectivity index (χ1) is 8.14. The monoisotopic (exact) mass is 235 g/mol. The fourth-order valence-electron chi connectivity index (χ4n) is 2.11. The zero-order chi connectivity index (χ0) is 12.5. The number of rotatable bonds is 4. The fraction of sp³-hybridized carbons (Fsp3) is 0.462. The molecule has 1 heterocycles. The maximum atomic E-state index is 11.6. The molecule has 0 atom stereocenters. The van der Waals surface area contributed by atoms with Crippen molar-refractivity contribution in [2.45, 2.75) is 18.8 Å². The first-order valence-corrected chi connectivity index (χ1v) is 5.69. The molecule has 1 aliphatic rings. The number of primary amides is 1. The largest absolute Gasteiger partial charge is 0.496 e. The van der Waals surface area contributed by atoms with Gasteiger partial charge >= 0.3 is 0 Å². The Bertz CT molecular complexity index is 438. The minimum Gasteiger partial charge on any atom is -0.496 e. The molecule has 1 saturated heterocycles. The van der Waals surface area contributed by atoms with Crippen LogP contribution in [0.15, 0.2) is 18.2 Å². The lowest BCUT2D eigenvalue weighted by atomic mass is 9.77. The van der Waals surface area contributed by atoms with E-state index in [2.05, 4.69) is 6.92 Å². The molecule has 1 fully saturated rings. The van der Waals surface area contributed by atoms with Crippen molar-refractivity contribution in [3.8, 4) is 5.75 Å². The minimum atomic E-state index is -0.643. The van der Waals surface area contributed by atoms with Crippen LogP contribution in [0.25, 0.3) is 0 Å². The molecular weight excluding hydrogens is 218 g/mol. The van der Waals surface area contributed by atoms with Crippen LogP contribution in [-0.4, -0.2) is 26.2 Å². The zero-order valence-corrected chi connectivity index (χ0v) is 10.2. The molecule has 2 rings (SSSR count). The summed E-state index contributed by atoms with van der Waals surface area (Å²) in [7, 11) is 1.64. The first kappa shape index (κ1) is 11.9. The van der Waals surface area contributed by atoms with E-state index in [4.69, 9.17) is 15.2 Å². The number of carbonyl (C=O) groups is 1. The van der Waals surface area contributed by atoms with Crippen molar-refractivity contribution in [3.05, 3.63) is 29.3 Å². The molecule has 0 aromatic heterocycles. The highest BCUT2D eigenvalue weighted by Gasteiger charge is 2.46. The van der Waals surface area contributed by atoms with Crippen molar-refractivity contribution >= 4 is 5.91 Å². The Morgan fingerprint density at radius 2 is 2.24 bits per heavy atom. The molecule has 0 unspecified atom stereocenters. The van der Waals surface area contributed by atoms with Crippen LogP contribution in [0.1, 0.15) is 18.1 Å². The maximum Gasteiger partial charge on any atom is 0.232 e. The summed E-state index contributed by atoms with van der Waals surface area (Å²) in [6.45, 7) is 2.80. The van der Waals surface area contributed by atoms with E-state index in [0.29, 0.717) is 13.2 Å². The molecular formula is C13H17NO3. The highest BCUT2D eigenvalue weighted by atomic mass is 16.5. The Hall–Kier alpha value is -1.55. The predicted octanol–water partition coefficient (Wildman–Crippen LogP) is 1.01. The summed E-state index contributed by atoms with van der Waals surface area (Å²) in [6, 6.07) is 5.77. The lowest BCUT2D eigenvalue weighted by Crippen LogP contribution is -2.56. The van der Waals surface area contributed by atoms with Crippen LogP contribution >= 0.6 is 0 Å². The van der Waals surface area contributed by atoms with Gasteiger partial charge in [-0.05, 0) is 23.6 Å². The fourth-order valence-corrected chi connectivity index (χ4v) is 2.11. The molecule has 92 valence electrons. The van der Waals surface area contributed by atoms with Crippen molar-refractivity contribution in [2.24, 2.45) is 5.73 Å². The number of nitrogens with two attached hydrogens (primary N) is 1. The average Bonchev–Trinajstić information content (AvgIpc) is 2.26. The van der Waals surface area contributed by atoms with E-state index in [1.807, 2.05) is 18.2 Å². The first-order valence-electron chi connectivity index (χ1n) is 5.69. The number of ether oxygens (including phenoxy) is 2. The van der Waals surface area contributed by atoms with Crippen LogP contribution in [0, 0.1) is 0 Å². The molecule has 4 heteroatoms. The number of aryl methyl sites for hydroxylation is 1. The van der Waals surface area contributed by atoms with E-state index in [1.54, 1.807) is 7.11 Å². The van der Waals surface area contributed by atoms with E-state index in [1.165, 1.54) is 0 Å². The van der Waals surface area contributed by atoms with Gasteiger partial charge in [-0.2, -0.15) is 0 Å². The summed E-state index contributed by atoms with van der Waals surface area (Å²) < 4.78 is 10.4. The lowest BCUT2D eigenvalue weighted by Gasteiger charge is -2.39. The number of methoxy groups -OCH3 is 1. The van der Waals surface area contributed by atoms with Gasteiger partial charge in [-0.25, -0.2) is 0 Å². The van der Waals surface area contributed by atoms with Gasteiger partial charge in [-0.15, -0.1) is 0 Å². The average molecular weight is 235 g/mol. The summed E-state index contributed by atoms with van der Waals surface area (Å²) in [4.78, 5) is 11.6. The Morgan fingerprint density at radius 3 is 2.65 bits per heavy atom. The third-order valence-electron chi connectivity index (χ3n) is 3.38. The second-order valence-corrected chi connectivity index (χ2v) is 4.32. The molecule has 1 aromatic carbocycles. The number of hydrogen-bond acceptors (Lipinski definition) is 3. The van der Waals surface area contributed by atoms with E-state index in [0.717, 1.165) is 23.3 Å². The molecule has 17 heavy (non-hydrogen) atoms. The van der Waals surface area contributed by atoms with Crippen molar-refractivity contribution in [1.29, 1.82) is 0 Å². The number of amides is 1. The smallest absolute Gasteiger partial charge is 0.232 e. The highest BCUT2D eigenvalue weighted by Crippen LogP contribution is 2.34. The highest BCUT2D eigenvalue weighted by molar-refractivity contribution is 5.88. The van der Waals surface area contributed by atoms with E-state index >= 15 is 0 Å². The molecule has 0 saturated carbocycles. The lowest BCUT2D eigenvalue weighted by molar-refractivity contribution is -0.141. The summed E-state index contributed by atoms with van der Waals surface area (Å²) >= 11 is 0. The van der Waals surface area contributed by atoms with Crippen molar-refractivity contribution in [1.82, 2.24) is 0 Å². The van der Waals surface area contributed by atoms with E-state index < -0.39 is 5.41 Å². The van der Waals surface area contributed by atoms with E-state index in [-0.39, 0.29) is 5.91 Å². The molecule has 1 aromatic rings. The molecule has 0 spiro atoms. The molecule has 4 nitrogen and oxygen atoms in total. The van der Waals surface area contributed by atoms with Crippen molar-refractivity contribution in [2.75, 3.05) is 20.3 Å². The van der Waals surface area contributed by atoms with Gasteiger partial charge in [0.15, 0.2) is 0 Å². The molecule has 0 radical (unpaired) electrons. The second kappa shape index (κ2) is 4.37. The Morgan fingerprint density at radius 1 is 1.53 bits per heavy atom. The van der Waals surface area contributed by atoms with Gasteiger partial charge in [0.1, 0.15) is 11.2 Å². The number of benzene rings is 1.